The normalized spacial score (nSPS) is 16.4. The van der Waals surface area contributed by atoms with Crippen molar-refractivity contribution >= 4 is 35.1 Å². The number of fused-ring (bicyclic) bond motifs is 2. The number of rotatable bonds is 2. The Labute approximate surface area is 174 Å². The molecule has 3 aromatic rings. The van der Waals surface area contributed by atoms with Gasteiger partial charge in [-0.2, -0.15) is 5.10 Å². The third-order valence-corrected chi connectivity index (χ3v) is 5.62. The van der Waals surface area contributed by atoms with Gasteiger partial charge < -0.3 is 20.1 Å². The first-order chi connectivity index (χ1) is 13.7. The summed E-state index contributed by atoms with van der Waals surface area (Å²) in [6.07, 6.45) is 0.863. The molecule has 0 aliphatic carbocycles. The van der Waals surface area contributed by atoms with Crippen molar-refractivity contribution in [2.45, 2.75) is 13.0 Å². The molecule has 0 saturated carbocycles. The zero-order valence-corrected chi connectivity index (χ0v) is 16.7. The van der Waals surface area contributed by atoms with Crippen LogP contribution < -0.4 is 5.32 Å². The van der Waals surface area contributed by atoms with Crippen LogP contribution in [0.5, 0.6) is 0 Å². The molecule has 1 aromatic carbocycles. The predicted octanol–water partition coefficient (Wildman–Crippen LogP) is 1.56. The van der Waals surface area contributed by atoms with Gasteiger partial charge in [0, 0.05) is 67.8 Å². The Hall–Kier alpha value is -2.84. The summed E-state index contributed by atoms with van der Waals surface area (Å²) in [5.74, 6) is -0.0800. The van der Waals surface area contributed by atoms with Crippen LogP contribution in [0.15, 0.2) is 30.3 Å². The number of piperazine rings is 1. The Morgan fingerprint density at radius 1 is 1.00 bits per heavy atom. The first kappa shape index (κ1) is 19.5. The number of aromatic nitrogens is 3. The minimum absolute atomic E-state index is 0. The van der Waals surface area contributed by atoms with Crippen LogP contribution in [0.4, 0.5) is 0 Å². The van der Waals surface area contributed by atoms with E-state index in [2.05, 4.69) is 20.5 Å². The molecule has 4 heterocycles. The Balaban J connectivity index is 0.00000205. The highest BCUT2D eigenvalue weighted by molar-refractivity contribution is 5.98. The minimum atomic E-state index is -0.0566. The molecule has 0 atom stereocenters. The van der Waals surface area contributed by atoms with Crippen LogP contribution in [0, 0.1) is 0 Å². The predicted molar refractivity (Wildman–Crippen MR) is 111 cm³/mol. The lowest BCUT2D eigenvalue weighted by Gasteiger charge is -2.34. The lowest BCUT2D eigenvalue weighted by molar-refractivity contribution is 0.0529. The summed E-state index contributed by atoms with van der Waals surface area (Å²) in [4.78, 5) is 32.5. The van der Waals surface area contributed by atoms with Gasteiger partial charge in [0.15, 0.2) is 5.69 Å². The molecule has 0 bridgehead atoms. The van der Waals surface area contributed by atoms with E-state index in [4.69, 9.17) is 0 Å². The topological polar surface area (TPSA) is 97.1 Å². The molecule has 1 fully saturated rings. The van der Waals surface area contributed by atoms with Gasteiger partial charge in [-0.05, 0) is 12.1 Å². The van der Waals surface area contributed by atoms with E-state index in [0.717, 1.165) is 35.1 Å². The number of hydrogen-bond donors (Lipinski definition) is 3. The lowest BCUT2D eigenvalue weighted by atomic mass is 10.1. The summed E-state index contributed by atoms with van der Waals surface area (Å²) < 4.78 is 0. The molecule has 2 aromatic heterocycles. The molecule has 2 aliphatic rings. The number of nitrogens with zero attached hydrogens (tertiary/aromatic N) is 3. The largest absolute Gasteiger partial charge is 0.351 e. The van der Waals surface area contributed by atoms with Crippen molar-refractivity contribution < 1.29 is 9.59 Å². The Morgan fingerprint density at radius 3 is 2.48 bits per heavy atom. The molecular weight excluding hydrogens is 392 g/mol. The molecule has 0 radical (unpaired) electrons. The van der Waals surface area contributed by atoms with Crippen molar-refractivity contribution in [3.05, 3.63) is 53.0 Å². The van der Waals surface area contributed by atoms with Crippen molar-refractivity contribution in [3.63, 3.8) is 0 Å². The van der Waals surface area contributed by atoms with E-state index in [1.165, 1.54) is 0 Å². The van der Waals surface area contributed by atoms with Crippen molar-refractivity contribution in [3.8, 4) is 0 Å². The van der Waals surface area contributed by atoms with Gasteiger partial charge in [-0.1, -0.05) is 18.2 Å². The van der Waals surface area contributed by atoms with Gasteiger partial charge in [-0.3, -0.25) is 14.7 Å². The molecule has 0 spiro atoms. The van der Waals surface area contributed by atoms with Gasteiger partial charge in [-0.25, -0.2) is 0 Å². The summed E-state index contributed by atoms with van der Waals surface area (Å²) in [7, 11) is 0. The van der Waals surface area contributed by atoms with Crippen LogP contribution >= 0.6 is 12.4 Å². The third-order valence-electron chi connectivity index (χ3n) is 5.62. The SMILES string of the molecule is Cl.O=C(c1cc2ccccc2[nH]1)N1CCN(C(=O)c2n[nH]c3c2CNCC3)CC1. The monoisotopic (exact) mass is 414 g/mol. The average molecular weight is 415 g/mol. The highest BCUT2D eigenvalue weighted by Crippen LogP contribution is 2.19. The van der Waals surface area contributed by atoms with E-state index < -0.39 is 0 Å². The van der Waals surface area contributed by atoms with Crippen LogP contribution in [-0.4, -0.2) is 69.5 Å². The lowest BCUT2D eigenvalue weighted by Crippen LogP contribution is -2.51. The zero-order valence-electron chi connectivity index (χ0n) is 15.9. The Bertz CT molecular complexity index is 1020. The second-order valence-corrected chi connectivity index (χ2v) is 7.31. The van der Waals surface area contributed by atoms with Gasteiger partial charge >= 0.3 is 0 Å². The summed E-state index contributed by atoms with van der Waals surface area (Å²) in [5, 5.41) is 11.6. The smallest absolute Gasteiger partial charge is 0.274 e. The van der Waals surface area contributed by atoms with E-state index in [1.807, 2.05) is 30.3 Å². The second kappa shape index (κ2) is 7.88. The van der Waals surface area contributed by atoms with Gasteiger partial charge in [0.2, 0.25) is 0 Å². The van der Waals surface area contributed by atoms with Gasteiger partial charge in [0.1, 0.15) is 5.69 Å². The van der Waals surface area contributed by atoms with E-state index >= 15 is 0 Å². The van der Waals surface area contributed by atoms with Crippen LogP contribution in [0.2, 0.25) is 0 Å². The number of H-pyrrole nitrogens is 2. The van der Waals surface area contributed by atoms with E-state index in [-0.39, 0.29) is 24.2 Å². The zero-order chi connectivity index (χ0) is 19.1. The van der Waals surface area contributed by atoms with Crippen molar-refractivity contribution in [1.82, 2.24) is 30.3 Å². The maximum Gasteiger partial charge on any atom is 0.274 e. The summed E-state index contributed by atoms with van der Waals surface area (Å²) >= 11 is 0. The molecule has 152 valence electrons. The summed E-state index contributed by atoms with van der Waals surface area (Å²) in [6, 6.07) is 9.73. The van der Waals surface area contributed by atoms with Crippen molar-refractivity contribution in [2.75, 3.05) is 32.7 Å². The first-order valence-electron chi connectivity index (χ1n) is 9.64. The molecule has 0 unspecified atom stereocenters. The molecule has 29 heavy (non-hydrogen) atoms. The number of hydrogen-bond acceptors (Lipinski definition) is 4. The highest BCUT2D eigenvalue weighted by Gasteiger charge is 2.30. The van der Waals surface area contributed by atoms with E-state index in [1.54, 1.807) is 9.80 Å². The van der Waals surface area contributed by atoms with E-state index in [0.29, 0.717) is 44.1 Å². The number of halogens is 1. The fraction of sp³-hybridized carbons (Fsp3) is 0.350. The third kappa shape index (κ3) is 3.49. The van der Waals surface area contributed by atoms with Crippen LogP contribution in [0.3, 0.4) is 0 Å². The minimum Gasteiger partial charge on any atom is -0.351 e. The molecule has 8 nitrogen and oxygen atoms in total. The molecule has 2 amide bonds. The molecule has 5 rings (SSSR count). The van der Waals surface area contributed by atoms with Crippen LogP contribution in [-0.2, 0) is 13.0 Å². The van der Waals surface area contributed by atoms with E-state index in [9.17, 15) is 9.59 Å². The maximum absolute atomic E-state index is 12.9. The molecule has 3 N–H and O–H groups in total. The molecule has 9 heteroatoms. The van der Waals surface area contributed by atoms with Crippen molar-refractivity contribution in [2.24, 2.45) is 0 Å². The molecular formula is C20H23ClN6O2. The Morgan fingerprint density at radius 2 is 1.72 bits per heavy atom. The molecule has 2 aliphatic heterocycles. The van der Waals surface area contributed by atoms with Gasteiger partial charge in [0.25, 0.3) is 11.8 Å². The van der Waals surface area contributed by atoms with Gasteiger partial charge in [0.05, 0.1) is 0 Å². The fourth-order valence-electron chi connectivity index (χ4n) is 4.02. The van der Waals surface area contributed by atoms with Gasteiger partial charge in [-0.15, -0.1) is 12.4 Å². The summed E-state index contributed by atoms with van der Waals surface area (Å²) in [6.45, 7) is 3.64. The quantitative estimate of drug-likeness (QED) is 0.592. The van der Waals surface area contributed by atoms with Crippen LogP contribution in [0.25, 0.3) is 10.9 Å². The number of para-hydroxylation sites is 1. The summed E-state index contributed by atoms with van der Waals surface area (Å²) in [5.41, 5.74) is 4.09. The first-order valence-corrected chi connectivity index (χ1v) is 9.64. The Kier molecular flexibility index (Phi) is 5.29. The highest BCUT2D eigenvalue weighted by atomic mass is 35.5. The molecule has 1 saturated heterocycles. The van der Waals surface area contributed by atoms with Crippen molar-refractivity contribution in [1.29, 1.82) is 0 Å². The van der Waals surface area contributed by atoms with Crippen LogP contribution in [0.1, 0.15) is 32.2 Å². The average Bonchev–Trinajstić information content (AvgIpc) is 3.37. The fourth-order valence-corrected chi connectivity index (χ4v) is 4.02. The number of nitrogens with one attached hydrogen (secondary N) is 3. The number of benzene rings is 1. The number of aromatic amines is 2. The number of amides is 2. The second-order valence-electron chi connectivity index (χ2n) is 7.31. The standard InChI is InChI=1S/C20H22N6O2.ClH/c27-19(17-11-13-3-1-2-4-15(13)22-17)25-7-9-26(10-8-25)20(28)18-14-12-21-6-5-16(14)23-24-18;/h1-4,11,21-22H,5-10,12H2,(H,23,24);1H. The number of carbonyl (C=O) groups excluding carboxylic acids is 2. The number of carbonyl (C=O) groups is 2. The maximum atomic E-state index is 12.9.